The minimum absolute atomic E-state index is 0.0859. The third-order valence-electron chi connectivity index (χ3n) is 3.31. The minimum atomic E-state index is -4.34. The fourth-order valence-electron chi connectivity index (χ4n) is 2.15. The van der Waals surface area contributed by atoms with Gasteiger partial charge in [-0.25, -0.2) is 0 Å². The third kappa shape index (κ3) is 3.98. The van der Waals surface area contributed by atoms with Gasteiger partial charge in [0.25, 0.3) is 0 Å². The Labute approximate surface area is 126 Å². The van der Waals surface area contributed by atoms with Crippen LogP contribution in [0, 0.1) is 0 Å². The first kappa shape index (κ1) is 15.9. The van der Waals surface area contributed by atoms with Crippen molar-refractivity contribution in [3.05, 3.63) is 51.7 Å². The number of nitrogens with two attached hydrogens (primary N) is 1. The van der Waals surface area contributed by atoms with Gasteiger partial charge in [0.05, 0.1) is 5.56 Å². The monoisotopic (exact) mass is 314 g/mol. The molecule has 6 heteroatoms. The summed E-state index contributed by atoms with van der Waals surface area (Å²) < 4.78 is 38.2. The van der Waals surface area contributed by atoms with Crippen LogP contribution in [0.3, 0.4) is 0 Å². The lowest BCUT2D eigenvalue weighted by Gasteiger charge is -2.23. The zero-order valence-electron chi connectivity index (χ0n) is 11.7. The summed E-state index contributed by atoms with van der Waals surface area (Å²) in [5, 5.41) is 2.01. The highest BCUT2D eigenvalue weighted by molar-refractivity contribution is 7.09. The number of anilines is 1. The molecule has 0 radical (unpaired) electrons. The van der Waals surface area contributed by atoms with E-state index in [9.17, 15) is 13.2 Å². The van der Waals surface area contributed by atoms with Crippen molar-refractivity contribution in [2.45, 2.75) is 19.1 Å². The van der Waals surface area contributed by atoms with E-state index in [0.717, 1.165) is 30.8 Å². The summed E-state index contributed by atoms with van der Waals surface area (Å²) in [7, 11) is 1.87. The van der Waals surface area contributed by atoms with Crippen LogP contribution in [-0.2, 0) is 19.1 Å². The molecule has 114 valence electrons. The van der Waals surface area contributed by atoms with Gasteiger partial charge in [0.2, 0.25) is 0 Å². The van der Waals surface area contributed by atoms with E-state index in [1.54, 1.807) is 11.3 Å². The van der Waals surface area contributed by atoms with Crippen LogP contribution in [0.25, 0.3) is 0 Å². The van der Waals surface area contributed by atoms with Crippen molar-refractivity contribution in [3.8, 4) is 0 Å². The predicted molar refractivity (Wildman–Crippen MR) is 80.6 cm³/mol. The molecule has 0 unspecified atom stereocenters. The molecular weight excluding hydrogens is 297 g/mol. The molecule has 1 aromatic heterocycles. The maximum Gasteiger partial charge on any atom is 0.416 e. The summed E-state index contributed by atoms with van der Waals surface area (Å²) in [5.74, 6) is 0. The topological polar surface area (TPSA) is 29.3 Å². The molecule has 0 aliphatic carbocycles. The van der Waals surface area contributed by atoms with Crippen LogP contribution in [-0.4, -0.2) is 13.6 Å². The van der Waals surface area contributed by atoms with Crippen molar-refractivity contribution >= 4 is 17.0 Å². The smallest absolute Gasteiger partial charge is 0.374 e. The molecule has 0 amide bonds. The first-order valence-corrected chi connectivity index (χ1v) is 7.43. The maximum absolute atomic E-state index is 12.7. The average Bonchev–Trinajstić information content (AvgIpc) is 2.96. The molecule has 0 fully saturated rings. The minimum Gasteiger partial charge on any atom is -0.374 e. The van der Waals surface area contributed by atoms with E-state index in [0.29, 0.717) is 5.56 Å². The number of halogens is 3. The molecule has 2 N–H and O–H groups in total. The molecule has 2 rings (SSSR count). The first-order chi connectivity index (χ1) is 9.91. The van der Waals surface area contributed by atoms with Crippen molar-refractivity contribution in [2.24, 2.45) is 5.73 Å². The second-order valence-electron chi connectivity index (χ2n) is 4.80. The largest absolute Gasteiger partial charge is 0.416 e. The Balaban J connectivity index is 2.14. The Morgan fingerprint density at radius 1 is 1.24 bits per heavy atom. The van der Waals surface area contributed by atoms with Crippen LogP contribution in [0.1, 0.15) is 16.0 Å². The second kappa shape index (κ2) is 6.49. The summed E-state index contributed by atoms with van der Waals surface area (Å²) in [6.45, 7) is 0.821. The molecule has 21 heavy (non-hydrogen) atoms. The summed E-state index contributed by atoms with van der Waals surface area (Å²) in [6, 6.07) is 7.78. The Kier molecular flexibility index (Phi) is 4.90. The fourth-order valence-corrected chi connectivity index (χ4v) is 2.85. The number of nitrogens with zero attached hydrogens (tertiary/aromatic N) is 1. The number of hydrogen-bond acceptors (Lipinski definition) is 3. The molecule has 2 aromatic rings. The lowest BCUT2D eigenvalue weighted by atomic mass is 10.1. The molecule has 2 nitrogen and oxygen atoms in total. The lowest BCUT2D eigenvalue weighted by Crippen LogP contribution is -2.22. The number of thiophene rings is 1. The van der Waals surface area contributed by atoms with Gasteiger partial charge in [-0.3, -0.25) is 0 Å². The number of rotatable bonds is 5. The number of alkyl halides is 3. The quantitative estimate of drug-likeness (QED) is 0.907. The summed E-state index contributed by atoms with van der Waals surface area (Å²) in [5.41, 5.74) is 6.21. The van der Waals surface area contributed by atoms with Crippen LogP contribution >= 0.6 is 11.3 Å². The number of hydrogen-bond donors (Lipinski definition) is 1. The molecule has 0 saturated heterocycles. The van der Waals surface area contributed by atoms with Gasteiger partial charge in [0.15, 0.2) is 0 Å². The van der Waals surface area contributed by atoms with Crippen molar-refractivity contribution in [2.75, 3.05) is 18.5 Å². The maximum atomic E-state index is 12.7. The highest BCUT2D eigenvalue weighted by atomic mass is 32.1. The first-order valence-electron chi connectivity index (χ1n) is 6.55. The van der Waals surface area contributed by atoms with Gasteiger partial charge in [0.1, 0.15) is 0 Å². The summed E-state index contributed by atoms with van der Waals surface area (Å²) in [4.78, 5) is 3.20. The van der Waals surface area contributed by atoms with Gasteiger partial charge >= 0.3 is 6.18 Å². The molecular formula is C15H17F3N2S. The van der Waals surface area contributed by atoms with Crippen molar-refractivity contribution in [1.82, 2.24) is 0 Å². The van der Waals surface area contributed by atoms with Gasteiger partial charge in [0, 0.05) is 30.7 Å². The molecule has 1 aromatic carbocycles. The molecule has 0 saturated carbocycles. The predicted octanol–water partition coefficient (Wildman–Crippen LogP) is 3.90. The van der Waals surface area contributed by atoms with E-state index in [1.807, 2.05) is 23.4 Å². The molecule has 1 heterocycles. The lowest BCUT2D eigenvalue weighted by molar-refractivity contribution is -0.137. The molecule has 0 spiro atoms. The Hall–Kier alpha value is -1.53. The van der Waals surface area contributed by atoms with E-state index < -0.39 is 11.7 Å². The van der Waals surface area contributed by atoms with Gasteiger partial charge in [-0.05, 0) is 41.6 Å². The van der Waals surface area contributed by atoms with Gasteiger partial charge in [-0.2, -0.15) is 13.2 Å². The normalized spacial score (nSPS) is 11.7. The third-order valence-corrected chi connectivity index (χ3v) is 4.25. The molecule has 0 aliphatic rings. The summed E-state index contributed by atoms with van der Waals surface area (Å²) >= 11 is 1.68. The number of likely N-dealkylation sites (N-methyl/N-ethyl adjacent to an activating group) is 1. The number of benzene rings is 1. The van der Waals surface area contributed by atoms with E-state index >= 15 is 0 Å². The highest BCUT2D eigenvalue weighted by Crippen LogP contribution is 2.32. The molecule has 0 aliphatic heterocycles. The van der Waals surface area contributed by atoms with E-state index in [1.165, 1.54) is 10.9 Å². The van der Waals surface area contributed by atoms with Crippen LogP contribution in [0.2, 0.25) is 0 Å². The van der Waals surface area contributed by atoms with Crippen LogP contribution in [0.4, 0.5) is 18.9 Å². The SMILES string of the molecule is CN(CCc1cccs1)c1ccc(C(F)(F)F)cc1CN. The van der Waals surface area contributed by atoms with E-state index in [-0.39, 0.29) is 6.54 Å². The zero-order valence-corrected chi connectivity index (χ0v) is 12.5. The standard InChI is InChI=1S/C15H17F3N2S/c1-20(7-6-13-3-2-8-21-13)14-5-4-12(15(16,17)18)9-11(14)10-19/h2-5,8-9H,6-7,10,19H2,1H3. The average molecular weight is 314 g/mol. The van der Waals surface area contributed by atoms with Crippen LogP contribution in [0.5, 0.6) is 0 Å². The van der Waals surface area contributed by atoms with Crippen LogP contribution < -0.4 is 10.6 Å². The van der Waals surface area contributed by atoms with Gasteiger partial charge in [-0.1, -0.05) is 6.07 Å². The fraction of sp³-hybridized carbons (Fsp3) is 0.333. The Morgan fingerprint density at radius 3 is 2.57 bits per heavy atom. The molecule has 0 atom stereocenters. The molecule has 0 bridgehead atoms. The van der Waals surface area contributed by atoms with Crippen molar-refractivity contribution in [1.29, 1.82) is 0 Å². The van der Waals surface area contributed by atoms with Crippen LogP contribution in [0.15, 0.2) is 35.7 Å². The zero-order chi connectivity index (χ0) is 15.5. The second-order valence-corrected chi connectivity index (χ2v) is 5.83. The van der Waals surface area contributed by atoms with Crippen molar-refractivity contribution < 1.29 is 13.2 Å². The summed E-state index contributed by atoms with van der Waals surface area (Å²) in [6.07, 6.45) is -3.48. The Bertz CT molecular complexity index is 579. The van der Waals surface area contributed by atoms with Crippen molar-refractivity contribution in [3.63, 3.8) is 0 Å². The van der Waals surface area contributed by atoms with Gasteiger partial charge in [-0.15, -0.1) is 11.3 Å². The van der Waals surface area contributed by atoms with Gasteiger partial charge < -0.3 is 10.6 Å². The van der Waals surface area contributed by atoms with E-state index in [4.69, 9.17) is 5.73 Å². The highest BCUT2D eigenvalue weighted by Gasteiger charge is 2.31. The Morgan fingerprint density at radius 2 is 2.00 bits per heavy atom. The van der Waals surface area contributed by atoms with E-state index in [2.05, 4.69) is 6.07 Å².